The minimum atomic E-state index is 0.0803. The summed E-state index contributed by atoms with van der Waals surface area (Å²) in [5.41, 5.74) is 2.86. The van der Waals surface area contributed by atoms with Gasteiger partial charge in [0.1, 0.15) is 0 Å². The molecule has 1 N–H and O–H groups in total. The topological polar surface area (TPSA) is 41.6 Å². The summed E-state index contributed by atoms with van der Waals surface area (Å²) < 4.78 is 5.34. The van der Waals surface area contributed by atoms with Gasteiger partial charge < -0.3 is 15.0 Å². The monoisotopic (exact) mass is 292 g/mol. The van der Waals surface area contributed by atoms with E-state index >= 15 is 0 Å². The summed E-state index contributed by atoms with van der Waals surface area (Å²) in [6, 6.07) is 5.94. The first kappa shape index (κ1) is 17.5. The fraction of sp³-hybridized carbons (Fsp3) is 0.588. The van der Waals surface area contributed by atoms with E-state index in [1.165, 1.54) is 0 Å². The normalized spacial score (nSPS) is 10.5. The summed E-state index contributed by atoms with van der Waals surface area (Å²) in [4.78, 5) is 14.4. The summed E-state index contributed by atoms with van der Waals surface area (Å²) in [6.45, 7) is 11.6. The van der Waals surface area contributed by atoms with E-state index in [9.17, 15) is 4.79 Å². The van der Waals surface area contributed by atoms with E-state index in [2.05, 4.69) is 12.2 Å². The number of nitrogens with zero attached hydrogens (tertiary/aromatic N) is 1. The number of carbonyl (C=O) groups is 1. The molecule has 1 aromatic rings. The first-order chi connectivity index (χ1) is 10.1. The van der Waals surface area contributed by atoms with Crippen LogP contribution in [0.3, 0.4) is 0 Å². The Morgan fingerprint density at radius 2 is 2.05 bits per heavy atom. The Bertz CT molecular complexity index is 446. The molecule has 0 unspecified atom stereocenters. The summed E-state index contributed by atoms with van der Waals surface area (Å²) in [5, 5.41) is 3.34. The number of anilines is 1. The number of ether oxygens (including phenoxy) is 1. The summed E-state index contributed by atoms with van der Waals surface area (Å²) >= 11 is 0. The van der Waals surface area contributed by atoms with Crippen molar-refractivity contribution in [3.63, 3.8) is 0 Å². The average molecular weight is 292 g/mol. The van der Waals surface area contributed by atoms with Gasteiger partial charge in [0.2, 0.25) is 0 Å². The first-order valence-corrected chi connectivity index (χ1v) is 7.85. The van der Waals surface area contributed by atoms with Crippen molar-refractivity contribution < 1.29 is 9.53 Å². The molecule has 118 valence electrons. The number of hydrogen-bond donors (Lipinski definition) is 1. The predicted molar refractivity (Wildman–Crippen MR) is 88.0 cm³/mol. The van der Waals surface area contributed by atoms with E-state index in [0.717, 1.165) is 29.8 Å². The smallest absolute Gasteiger partial charge is 0.254 e. The van der Waals surface area contributed by atoms with E-state index in [4.69, 9.17) is 4.74 Å². The molecule has 0 spiro atoms. The lowest BCUT2D eigenvalue weighted by atomic mass is 10.1. The number of aryl methyl sites for hydroxylation is 1. The fourth-order valence-electron chi connectivity index (χ4n) is 2.18. The van der Waals surface area contributed by atoms with E-state index in [0.29, 0.717) is 26.3 Å². The van der Waals surface area contributed by atoms with Crippen LogP contribution >= 0.6 is 0 Å². The molecule has 0 aromatic heterocycles. The van der Waals surface area contributed by atoms with Crippen molar-refractivity contribution in [1.29, 1.82) is 0 Å². The van der Waals surface area contributed by atoms with Crippen molar-refractivity contribution in [2.24, 2.45) is 0 Å². The predicted octanol–water partition coefficient (Wildman–Crippen LogP) is 3.32. The van der Waals surface area contributed by atoms with Crippen molar-refractivity contribution in [2.75, 3.05) is 38.2 Å². The standard InChI is InChI=1S/C17H28N2O2/c1-5-10-18-15-8-9-16(14(4)13-15)17(20)19(6-2)11-12-21-7-3/h8-9,13,18H,5-7,10-12H2,1-4H3. The highest BCUT2D eigenvalue weighted by molar-refractivity contribution is 5.96. The largest absolute Gasteiger partial charge is 0.385 e. The average Bonchev–Trinajstić information content (AvgIpc) is 2.49. The molecule has 0 aliphatic carbocycles. The summed E-state index contributed by atoms with van der Waals surface area (Å²) in [7, 11) is 0. The van der Waals surface area contributed by atoms with Gasteiger partial charge in [-0.15, -0.1) is 0 Å². The number of amides is 1. The first-order valence-electron chi connectivity index (χ1n) is 7.85. The van der Waals surface area contributed by atoms with Gasteiger partial charge in [-0.1, -0.05) is 6.92 Å². The van der Waals surface area contributed by atoms with E-state index < -0.39 is 0 Å². The third-order valence-corrected chi connectivity index (χ3v) is 3.41. The zero-order chi connectivity index (χ0) is 15.7. The van der Waals surface area contributed by atoms with Crippen molar-refractivity contribution in [1.82, 2.24) is 4.90 Å². The van der Waals surface area contributed by atoms with Gasteiger partial charge in [0.25, 0.3) is 5.91 Å². The summed E-state index contributed by atoms with van der Waals surface area (Å²) in [5.74, 6) is 0.0803. The van der Waals surface area contributed by atoms with Gasteiger partial charge in [0.05, 0.1) is 6.61 Å². The van der Waals surface area contributed by atoms with Crippen LogP contribution in [-0.4, -0.2) is 43.7 Å². The Morgan fingerprint density at radius 1 is 1.29 bits per heavy atom. The van der Waals surface area contributed by atoms with Crippen molar-refractivity contribution in [3.05, 3.63) is 29.3 Å². The summed E-state index contributed by atoms with van der Waals surface area (Å²) in [6.07, 6.45) is 1.08. The minimum Gasteiger partial charge on any atom is -0.385 e. The number of rotatable bonds is 9. The Kier molecular flexibility index (Phi) is 7.83. The maximum Gasteiger partial charge on any atom is 0.254 e. The maximum atomic E-state index is 12.6. The molecular formula is C17H28N2O2. The molecule has 0 saturated heterocycles. The molecule has 0 fully saturated rings. The van der Waals surface area contributed by atoms with Crippen LogP contribution in [0.4, 0.5) is 5.69 Å². The molecule has 0 heterocycles. The van der Waals surface area contributed by atoms with Crippen LogP contribution in [0, 0.1) is 6.92 Å². The molecule has 0 saturated carbocycles. The van der Waals surface area contributed by atoms with E-state index in [-0.39, 0.29) is 5.91 Å². The highest BCUT2D eigenvalue weighted by Gasteiger charge is 2.16. The van der Waals surface area contributed by atoms with Gasteiger partial charge in [0, 0.05) is 37.5 Å². The Balaban J connectivity index is 2.75. The number of benzene rings is 1. The van der Waals surface area contributed by atoms with E-state index in [1.807, 2.05) is 43.9 Å². The second-order valence-corrected chi connectivity index (χ2v) is 5.04. The van der Waals surface area contributed by atoms with Crippen LogP contribution in [0.25, 0.3) is 0 Å². The zero-order valence-corrected chi connectivity index (χ0v) is 13.7. The second kappa shape index (κ2) is 9.40. The number of carbonyl (C=O) groups excluding carboxylic acids is 1. The molecule has 1 amide bonds. The lowest BCUT2D eigenvalue weighted by Crippen LogP contribution is -2.34. The van der Waals surface area contributed by atoms with Gasteiger partial charge in [-0.05, 0) is 51.0 Å². The lowest BCUT2D eigenvalue weighted by Gasteiger charge is -2.22. The molecule has 0 bridgehead atoms. The maximum absolute atomic E-state index is 12.6. The number of nitrogens with one attached hydrogen (secondary N) is 1. The Hall–Kier alpha value is -1.55. The Labute approximate surface area is 128 Å². The van der Waals surface area contributed by atoms with Crippen LogP contribution in [0.2, 0.25) is 0 Å². The third kappa shape index (κ3) is 5.38. The van der Waals surface area contributed by atoms with Gasteiger partial charge in [-0.2, -0.15) is 0 Å². The highest BCUT2D eigenvalue weighted by Crippen LogP contribution is 2.17. The van der Waals surface area contributed by atoms with Crippen molar-refractivity contribution >= 4 is 11.6 Å². The third-order valence-electron chi connectivity index (χ3n) is 3.41. The quantitative estimate of drug-likeness (QED) is 0.710. The molecule has 0 atom stereocenters. The number of hydrogen-bond acceptors (Lipinski definition) is 3. The van der Waals surface area contributed by atoms with Crippen molar-refractivity contribution in [3.8, 4) is 0 Å². The van der Waals surface area contributed by atoms with Gasteiger partial charge in [0.15, 0.2) is 0 Å². The van der Waals surface area contributed by atoms with Gasteiger partial charge in [-0.3, -0.25) is 4.79 Å². The number of likely N-dealkylation sites (N-methyl/N-ethyl adjacent to an activating group) is 1. The molecule has 1 rings (SSSR count). The van der Waals surface area contributed by atoms with Crippen molar-refractivity contribution in [2.45, 2.75) is 34.1 Å². The van der Waals surface area contributed by atoms with Gasteiger partial charge >= 0.3 is 0 Å². The minimum absolute atomic E-state index is 0.0803. The fourth-order valence-corrected chi connectivity index (χ4v) is 2.18. The Morgan fingerprint density at radius 3 is 2.62 bits per heavy atom. The van der Waals surface area contributed by atoms with Crippen LogP contribution in [0.5, 0.6) is 0 Å². The molecule has 0 aliphatic heterocycles. The van der Waals surface area contributed by atoms with E-state index in [1.54, 1.807) is 0 Å². The molecule has 4 nitrogen and oxygen atoms in total. The van der Waals surface area contributed by atoms with Crippen LogP contribution in [0.15, 0.2) is 18.2 Å². The zero-order valence-electron chi connectivity index (χ0n) is 13.7. The molecular weight excluding hydrogens is 264 g/mol. The molecule has 1 aromatic carbocycles. The molecule has 4 heteroatoms. The van der Waals surface area contributed by atoms with Crippen LogP contribution in [-0.2, 0) is 4.74 Å². The molecule has 21 heavy (non-hydrogen) atoms. The molecule has 0 radical (unpaired) electrons. The van der Waals surface area contributed by atoms with Crippen LogP contribution < -0.4 is 5.32 Å². The highest BCUT2D eigenvalue weighted by atomic mass is 16.5. The van der Waals surface area contributed by atoms with Crippen LogP contribution in [0.1, 0.15) is 43.1 Å². The molecule has 0 aliphatic rings. The SMILES string of the molecule is CCCNc1ccc(C(=O)N(CC)CCOCC)c(C)c1. The lowest BCUT2D eigenvalue weighted by molar-refractivity contribution is 0.0668. The second-order valence-electron chi connectivity index (χ2n) is 5.04. The van der Waals surface area contributed by atoms with Gasteiger partial charge in [-0.25, -0.2) is 0 Å².